The SMILES string of the molecule is O=C(O)c1ccc(COc2cccc(-c3cc(-c4cc(Cc5ccccc5)cc5c4Cc4ccccc4-5)nc4c(C(F)(F)F)cccc34)c2)cc1. The number of hydrogen-bond donors (Lipinski definition) is 1. The molecule has 0 radical (unpaired) electrons. The Kier molecular flexibility index (Phi) is 8.11. The molecule has 6 aromatic carbocycles. The highest BCUT2D eigenvalue weighted by Crippen LogP contribution is 2.45. The molecule has 0 unspecified atom stereocenters. The van der Waals surface area contributed by atoms with Crippen LogP contribution in [0.1, 0.15) is 43.7 Å². The minimum Gasteiger partial charge on any atom is -0.489 e. The van der Waals surface area contributed by atoms with Crippen LogP contribution < -0.4 is 4.74 Å². The summed E-state index contributed by atoms with van der Waals surface area (Å²) in [6, 6.07) is 42.4. The van der Waals surface area contributed by atoms with E-state index in [2.05, 4.69) is 36.4 Å². The molecule has 51 heavy (non-hydrogen) atoms. The summed E-state index contributed by atoms with van der Waals surface area (Å²) in [7, 11) is 0. The fourth-order valence-electron chi connectivity index (χ4n) is 6.97. The van der Waals surface area contributed by atoms with E-state index in [-0.39, 0.29) is 17.7 Å². The third-order valence-corrected chi connectivity index (χ3v) is 9.41. The monoisotopic (exact) mass is 677 g/mol. The van der Waals surface area contributed by atoms with Crippen LogP contribution in [0, 0.1) is 0 Å². The minimum atomic E-state index is -4.61. The normalized spacial score (nSPS) is 12.1. The summed E-state index contributed by atoms with van der Waals surface area (Å²) in [5.74, 6) is -0.486. The van der Waals surface area contributed by atoms with Crippen molar-refractivity contribution < 1.29 is 27.8 Å². The number of nitrogens with zero attached hydrogens (tertiary/aromatic N) is 1. The molecule has 1 N–H and O–H groups in total. The third-order valence-electron chi connectivity index (χ3n) is 9.41. The lowest BCUT2D eigenvalue weighted by Crippen LogP contribution is -2.07. The molecule has 0 saturated heterocycles. The quantitative estimate of drug-likeness (QED) is 0.174. The van der Waals surface area contributed by atoms with Gasteiger partial charge in [-0.15, -0.1) is 0 Å². The smallest absolute Gasteiger partial charge is 0.418 e. The fourth-order valence-corrected chi connectivity index (χ4v) is 6.97. The second-order valence-electron chi connectivity index (χ2n) is 12.7. The van der Waals surface area contributed by atoms with Crippen LogP contribution in [0.2, 0.25) is 0 Å². The molecule has 0 spiro atoms. The van der Waals surface area contributed by atoms with Gasteiger partial charge >= 0.3 is 12.1 Å². The molecular weight excluding hydrogens is 647 g/mol. The van der Waals surface area contributed by atoms with E-state index >= 15 is 0 Å². The van der Waals surface area contributed by atoms with Gasteiger partial charge in [0.05, 0.1) is 22.3 Å². The van der Waals surface area contributed by atoms with Gasteiger partial charge in [-0.3, -0.25) is 0 Å². The minimum absolute atomic E-state index is 0.111. The molecule has 250 valence electrons. The summed E-state index contributed by atoms with van der Waals surface area (Å²) in [5.41, 5.74) is 9.23. The van der Waals surface area contributed by atoms with Gasteiger partial charge in [0.2, 0.25) is 0 Å². The van der Waals surface area contributed by atoms with Crippen LogP contribution in [0.15, 0.2) is 140 Å². The highest BCUT2D eigenvalue weighted by atomic mass is 19.4. The van der Waals surface area contributed by atoms with E-state index in [0.29, 0.717) is 40.8 Å². The molecule has 8 rings (SSSR count). The summed E-state index contributed by atoms with van der Waals surface area (Å²) in [4.78, 5) is 16.1. The maximum absolute atomic E-state index is 14.6. The molecule has 0 atom stereocenters. The summed E-state index contributed by atoms with van der Waals surface area (Å²) in [5, 5.41) is 9.60. The standard InChI is InChI=1S/C44H30F3NO3/c45-44(46,47)40-15-7-14-35-36(31-11-6-12-33(23-31)51-26-28-16-18-30(19-17-28)43(49)50)25-41(48-42(35)40)39-22-29(20-27-8-2-1-3-9-27)21-37-34-13-5-4-10-32(34)24-38(37)39/h1-19,21-23,25H,20,24,26H2,(H,49,50). The van der Waals surface area contributed by atoms with Gasteiger partial charge in [0.1, 0.15) is 12.4 Å². The van der Waals surface area contributed by atoms with Crippen LogP contribution >= 0.6 is 0 Å². The van der Waals surface area contributed by atoms with Gasteiger partial charge in [-0.25, -0.2) is 9.78 Å². The number of carboxylic acids is 1. The summed E-state index contributed by atoms with van der Waals surface area (Å²) in [6.07, 6.45) is -3.30. The number of hydrogen-bond acceptors (Lipinski definition) is 3. The number of para-hydroxylation sites is 1. The molecule has 7 heteroatoms. The number of alkyl halides is 3. The lowest BCUT2D eigenvalue weighted by Gasteiger charge is -2.18. The van der Waals surface area contributed by atoms with Gasteiger partial charge in [0.15, 0.2) is 0 Å². The van der Waals surface area contributed by atoms with Crippen LogP contribution in [-0.4, -0.2) is 16.1 Å². The zero-order valence-electron chi connectivity index (χ0n) is 27.2. The highest BCUT2D eigenvalue weighted by Gasteiger charge is 2.34. The van der Waals surface area contributed by atoms with Gasteiger partial charge in [0.25, 0.3) is 0 Å². The topological polar surface area (TPSA) is 59.4 Å². The van der Waals surface area contributed by atoms with E-state index in [4.69, 9.17) is 9.72 Å². The van der Waals surface area contributed by atoms with Crippen LogP contribution in [0.4, 0.5) is 13.2 Å². The fraction of sp³-hybridized carbons (Fsp3) is 0.0909. The average Bonchev–Trinajstić information content (AvgIpc) is 3.52. The van der Waals surface area contributed by atoms with Crippen LogP contribution in [0.3, 0.4) is 0 Å². The van der Waals surface area contributed by atoms with Crippen molar-refractivity contribution in [2.45, 2.75) is 25.6 Å². The Morgan fingerprint density at radius 2 is 1.43 bits per heavy atom. The second kappa shape index (κ2) is 12.9. The third kappa shape index (κ3) is 6.34. The van der Waals surface area contributed by atoms with Crippen LogP contribution in [-0.2, 0) is 25.6 Å². The first-order valence-electron chi connectivity index (χ1n) is 16.6. The predicted molar refractivity (Wildman–Crippen MR) is 193 cm³/mol. The van der Waals surface area contributed by atoms with Crippen LogP contribution in [0.5, 0.6) is 5.75 Å². The first-order chi connectivity index (χ1) is 24.7. The number of benzene rings is 6. The van der Waals surface area contributed by atoms with Gasteiger partial charge in [-0.05, 0) is 105 Å². The molecule has 0 bridgehead atoms. The van der Waals surface area contributed by atoms with Crippen LogP contribution in [0.25, 0.3) is 44.4 Å². The maximum Gasteiger partial charge on any atom is 0.418 e. The Labute approximate surface area is 292 Å². The number of aromatic nitrogens is 1. The van der Waals surface area contributed by atoms with Crippen molar-refractivity contribution >= 4 is 16.9 Å². The number of fused-ring (bicyclic) bond motifs is 4. The van der Waals surface area contributed by atoms with Crippen molar-refractivity contribution in [1.82, 2.24) is 4.98 Å². The summed E-state index contributed by atoms with van der Waals surface area (Å²) >= 11 is 0. The Balaban J connectivity index is 1.27. The molecule has 7 aromatic rings. The summed E-state index contributed by atoms with van der Waals surface area (Å²) < 4.78 is 49.9. The van der Waals surface area contributed by atoms with Crippen molar-refractivity contribution in [3.05, 3.63) is 178 Å². The number of rotatable bonds is 8. The summed E-state index contributed by atoms with van der Waals surface area (Å²) in [6.45, 7) is 0.185. The molecule has 4 nitrogen and oxygen atoms in total. The number of ether oxygens (including phenoxy) is 1. The molecule has 1 aliphatic carbocycles. The zero-order valence-corrected chi connectivity index (χ0v) is 27.2. The Hall–Kier alpha value is -6.21. The van der Waals surface area contributed by atoms with Crippen molar-refractivity contribution in [3.63, 3.8) is 0 Å². The van der Waals surface area contributed by atoms with E-state index in [0.717, 1.165) is 45.0 Å². The lowest BCUT2D eigenvalue weighted by atomic mass is 9.91. The lowest BCUT2D eigenvalue weighted by molar-refractivity contribution is -0.136. The van der Waals surface area contributed by atoms with Crippen molar-refractivity contribution in [1.29, 1.82) is 0 Å². The molecular formula is C44H30F3NO3. The van der Waals surface area contributed by atoms with Gasteiger partial charge < -0.3 is 9.84 Å². The number of aromatic carboxylic acids is 1. The number of pyridine rings is 1. The number of halogens is 3. The van der Waals surface area contributed by atoms with E-state index in [1.165, 1.54) is 23.8 Å². The average molecular weight is 678 g/mol. The molecule has 0 aliphatic heterocycles. The number of carboxylic acid groups (broad SMARTS) is 1. The van der Waals surface area contributed by atoms with E-state index < -0.39 is 17.7 Å². The van der Waals surface area contributed by atoms with Crippen molar-refractivity contribution in [2.24, 2.45) is 0 Å². The van der Waals surface area contributed by atoms with Crippen molar-refractivity contribution in [3.8, 4) is 39.3 Å². The number of carbonyl (C=O) groups is 1. The Bertz CT molecular complexity index is 2440. The molecule has 0 amide bonds. The van der Waals surface area contributed by atoms with Gasteiger partial charge in [-0.1, -0.05) is 97.1 Å². The van der Waals surface area contributed by atoms with Gasteiger partial charge in [-0.2, -0.15) is 13.2 Å². The van der Waals surface area contributed by atoms with Gasteiger partial charge in [0, 0.05) is 10.9 Å². The molecule has 1 aliphatic rings. The first-order valence-corrected chi connectivity index (χ1v) is 16.6. The zero-order chi connectivity index (χ0) is 35.1. The molecule has 0 saturated carbocycles. The molecule has 1 aromatic heterocycles. The largest absolute Gasteiger partial charge is 0.489 e. The van der Waals surface area contributed by atoms with E-state index in [9.17, 15) is 23.1 Å². The second-order valence-corrected chi connectivity index (χ2v) is 12.7. The Morgan fingerprint density at radius 1 is 0.686 bits per heavy atom. The first kappa shape index (κ1) is 32.0. The highest BCUT2D eigenvalue weighted by molar-refractivity contribution is 5.99. The van der Waals surface area contributed by atoms with E-state index in [1.54, 1.807) is 24.3 Å². The Morgan fingerprint density at radius 3 is 2.22 bits per heavy atom. The molecule has 0 fully saturated rings. The van der Waals surface area contributed by atoms with Crippen molar-refractivity contribution in [2.75, 3.05) is 0 Å². The van der Waals surface area contributed by atoms with E-state index in [1.807, 2.05) is 54.6 Å². The predicted octanol–water partition coefficient (Wildman–Crippen LogP) is 11.0. The molecule has 1 heterocycles. The maximum atomic E-state index is 14.6.